The number of carboxylic acid groups (broad SMARTS) is 1. The SMILES string of the molecule is Cc1cc(C)c(C)c(C(N)C(C)C(=O)O)c1C. The van der Waals surface area contributed by atoms with Crippen LogP contribution in [0.1, 0.15) is 40.8 Å². The van der Waals surface area contributed by atoms with E-state index < -0.39 is 17.9 Å². The minimum Gasteiger partial charge on any atom is -0.481 e. The maximum atomic E-state index is 11.0. The van der Waals surface area contributed by atoms with Gasteiger partial charge in [-0.1, -0.05) is 13.0 Å². The first-order chi connectivity index (χ1) is 7.77. The standard InChI is InChI=1S/C14H21NO2/c1-7-6-8(2)10(4)12(9(7)3)13(15)11(5)14(16)17/h6,11,13H,15H2,1-5H3,(H,16,17). The molecule has 0 heterocycles. The van der Waals surface area contributed by atoms with E-state index in [4.69, 9.17) is 10.8 Å². The number of aryl methyl sites for hydroxylation is 2. The van der Waals surface area contributed by atoms with E-state index in [1.807, 2.05) is 27.7 Å². The second kappa shape index (κ2) is 4.88. The van der Waals surface area contributed by atoms with E-state index in [1.54, 1.807) is 6.92 Å². The number of nitrogens with two attached hydrogens (primary N) is 1. The second-order valence-corrected chi connectivity index (χ2v) is 4.83. The van der Waals surface area contributed by atoms with Gasteiger partial charge in [-0.25, -0.2) is 0 Å². The average Bonchev–Trinajstić information content (AvgIpc) is 2.25. The third-order valence-corrected chi connectivity index (χ3v) is 3.69. The van der Waals surface area contributed by atoms with E-state index in [1.165, 1.54) is 0 Å². The van der Waals surface area contributed by atoms with Gasteiger partial charge >= 0.3 is 5.97 Å². The molecule has 0 saturated carbocycles. The Hall–Kier alpha value is -1.35. The highest BCUT2D eigenvalue weighted by molar-refractivity contribution is 5.71. The Bertz CT molecular complexity index is 426. The molecule has 0 aliphatic rings. The first-order valence-electron chi connectivity index (χ1n) is 5.83. The van der Waals surface area contributed by atoms with Crippen molar-refractivity contribution in [3.05, 3.63) is 33.9 Å². The Morgan fingerprint density at radius 2 is 1.59 bits per heavy atom. The predicted molar refractivity (Wildman–Crippen MR) is 69.1 cm³/mol. The molecule has 3 N–H and O–H groups in total. The maximum absolute atomic E-state index is 11.0. The molecule has 1 aromatic rings. The molecule has 3 heteroatoms. The summed E-state index contributed by atoms with van der Waals surface area (Å²) < 4.78 is 0. The summed E-state index contributed by atoms with van der Waals surface area (Å²) in [4.78, 5) is 11.0. The van der Waals surface area contributed by atoms with E-state index >= 15 is 0 Å². The van der Waals surface area contributed by atoms with Gasteiger partial charge < -0.3 is 10.8 Å². The Labute approximate surface area is 103 Å². The molecule has 1 rings (SSSR count). The van der Waals surface area contributed by atoms with Gasteiger partial charge in [0, 0.05) is 6.04 Å². The average molecular weight is 235 g/mol. The molecular formula is C14H21NO2. The van der Waals surface area contributed by atoms with Crippen LogP contribution in [0.4, 0.5) is 0 Å². The van der Waals surface area contributed by atoms with Crippen LogP contribution >= 0.6 is 0 Å². The van der Waals surface area contributed by atoms with Crippen molar-refractivity contribution in [3.8, 4) is 0 Å². The largest absolute Gasteiger partial charge is 0.481 e. The number of carbonyl (C=O) groups is 1. The monoisotopic (exact) mass is 235 g/mol. The van der Waals surface area contributed by atoms with E-state index in [2.05, 4.69) is 6.07 Å². The van der Waals surface area contributed by atoms with E-state index in [9.17, 15) is 4.79 Å². The topological polar surface area (TPSA) is 63.3 Å². The summed E-state index contributed by atoms with van der Waals surface area (Å²) in [6.45, 7) is 9.73. The zero-order valence-electron chi connectivity index (χ0n) is 11.2. The molecule has 94 valence electrons. The highest BCUT2D eigenvalue weighted by Gasteiger charge is 2.25. The first-order valence-corrected chi connectivity index (χ1v) is 5.83. The predicted octanol–water partition coefficient (Wildman–Crippen LogP) is 2.64. The number of carboxylic acids is 1. The fraction of sp³-hybridized carbons (Fsp3) is 0.500. The molecule has 2 unspecified atom stereocenters. The number of rotatable bonds is 3. The number of hydrogen-bond donors (Lipinski definition) is 2. The van der Waals surface area contributed by atoms with Gasteiger partial charge in [0.1, 0.15) is 0 Å². The smallest absolute Gasteiger partial charge is 0.308 e. The number of hydrogen-bond acceptors (Lipinski definition) is 2. The van der Waals surface area contributed by atoms with Crippen LogP contribution in [0.3, 0.4) is 0 Å². The van der Waals surface area contributed by atoms with Crippen LogP contribution in [0, 0.1) is 33.6 Å². The summed E-state index contributed by atoms with van der Waals surface area (Å²) in [7, 11) is 0. The molecule has 0 radical (unpaired) electrons. The molecule has 0 aromatic heterocycles. The van der Waals surface area contributed by atoms with Crippen molar-refractivity contribution in [3.63, 3.8) is 0 Å². The maximum Gasteiger partial charge on any atom is 0.308 e. The van der Waals surface area contributed by atoms with Crippen molar-refractivity contribution < 1.29 is 9.90 Å². The van der Waals surface area contributed by atoms with Crippen LogP contribution in [0.15, 0.2) is 6.07 Å². The van der Waals surface area contributed by atoms with Gasteiger partial charge in [-0.05, 0) is 55.5 Å². The van der Waals surface area contributed by atoms with Crippen LogP contribution in [-0.2, 0) is 4.79 Å². The van der Waals surface area contributed by atoms with Crippen LogP contribution in [0.5, 0.6) is 0 Å². The zero-order chi connectivity index (χ0) is 13.3. The molecule has 0 aliphatic carbocycles. The Morgan fingerprint density at radius 3 is 1.94 bits per heavy atom. The molecule has 3 nitrogen and oxygen atoms in total. The summed E-state index contributed by atoms with van der Waals surface area (Å²) >= 11 is 0. The molecule has 0 saturated heterocycles. The molecule has 0 fully saturated rings. The van der Waals surface area contributed by atoms with Crippen LogP contribution < -0.4 is 5.73 Å². The van der Waals surface area contributed by atoms with Crippen LogP contribution in [0.25, 0.3) is 0 Å². The summed E-state index contributed by atoms with van der Waals surface area (Å²) in [5.41, 5.74) is 11.6. The fourth-order valence-corrected chi connectivity index (χ4v) is 2.15. The lowest BCUT2D eigenvalue weighted by molar-refractivity contribution is -0.141. The highest BCUT2D eigenvalue weighted by atomic mass is 16.4. The molecule has 17 heavy (non-hydrogen) atoms. The molecular weight excluding hydrogens is 214 g/mol. The fourth-order valence-electron chi connectivity index (χ4n) is 2.15. The van der Waals surface area contributed by atoms with Gasteiger partial charge in [0.15, 0.2) is 0 Å². The van der Waals surface area contributed by atoms with Crippen molar-refractivity contribution >= 4 is 5.97 Å². The van der Waals surface area contributed by atoms with Crippen LogP contribution in [-0.4, -0.2) is 11.1 Å². The van der Waals surface area contributed by atoms with E-state index in [-0.39, 0.29) is 0 Å². The van der Waals surface area contributed by atoms with Crippen molar-refractivity contribution in [2.75, 3.05) is 0 Å². The van der Waals surface area contributed by atoms with Crippen molar-refractivity contribution in [1.29, 1.82) is 0 Å². The van der Waals surface area contributed by atoms with E-state index in [0.29, 0.717) is 0 Å². The van der Waals surface area contributed by atoms with Crippen molar-refractivity contribution in [2.24, 2.45) is 11.7 Å². The molecule has 0 aliphatic heterocycles. The van der Waals surface area contributed by atoms with Crippen LogP contribution in [0.2, 0.25) is 0 Å². The summed E-state index contributed by atoms with van der Waals surface area (Å²) in [6.07, 6.45) is 0. The minimum absolute atomic E-state index is 0.453. The van der Waals surface area contributed by atoms with Gasteiger partial charge in [0.25, 0.3) is 0 Å². The Kier molecular flexibility index (Phi) is 3.94. The van der Waals surface area contributed by atoms with Gasteiger partial charge in [-0.15, -0.1) is 0 Å². The third kappa shape index (κ3) is 2.50. The number of benzene rings is 1. The van der Waals surface area contributed by atoms with Gasteiger partial charge in [-0.2, -0.15) is 0 Å². The number of aliphatic carboxylic acids is 1. The van der Waals surface area contributed by atoms with Crippen molar-refractivity contribution in [1.82, 2.24) is 0 Å². The minimum atomic E-state index is -0.851. The zero-order valence-corrected chi connectivity index (χ0v) is 11.2. The third-order valence-electron chi connectivity index (χ3n) is 3.69. The van der Waals surface area contributed by atoms with Gasteiger partial charge in [0.05, 0.1) is 5.92 Å². The normalized spacial score (nSPS) is 14.5. The molecule has 2 atom stereocenters. The van der Waals surface area contributed by atoms with Crippen molar-refractivity contribution in [2.45, 2.75) is 40.7 Å². The summed E-state index contributed by atoms with van der Waals surface area (Å²) in [6, 6.07) is 1.66. The van der Waals surface area contributed by atoms with Gasteiger partial charge in [-0.3, -0.25) is 4.79 Å². The Morgan fingerprint density at radius 1 is 1.18 bits per heavy atom. The second-order valence-electron chi connectivity index (χ2n) is 4.83. The molecule has 1 aromatic carbocycles. The Balaban J connectivity index is 3.35. The molecule has 0 bridgehead atoms. The highest BCUT2D eigenvalue weighted by Crippen LogP contribution is 2.30. The summed E-state index contributed by atoms with van der Waals surface area (Å²) in [5.74, 6) is -1.43. The van der Waals surface area contributed by atoms with E-state index in [0.717, 1.165) is 27.8 Å². The first kappa shape index (κ1) is 13.7. The quantitative estimate of drug-likeness (QED) is 0.846. The lowest BCUT2D eigenvalue weighted by Crippen LogP contribution is -2.27. The lowest BCUT2D eigenvalue weighted by atomic mass is 9.85. The van der Waals surface area contributed by atoms with Gasteiger partial charge in [0.2, 0.25) is 0 Å². The molecule has 0 spiro atoms. The molecule has 0 amide bonds. The summed E-state index contributed by atoms with van der Waals surface area (Å²) in [5, 5.41) is 9.05. The lowest BCUT2D eigenvalue weighted by Gasteiger charge is -2.23.